The quantitative estimate of drug-likeness (QED) is 0.839. The molecule has 0 spiro atoms. The summed E-state index contributed by atoms with van der Waals surface area (Å²) in [5, 5.41) is 12.6. The lowest BCUT2D eigenvalue weighted by Gasteiger charge is -2.17. The van der Waals surface area contributed by atoms with E-state index >= 15 is 0 Å². The van der Waals surface area contributed by atoms with Crippen molar-refractivity contribution in [3.05, 3.63) is 29.8 Å². The first-order chi connectivity index (χ1) is 8.80. The van der Waals surface area contributed by atoms with E-state index in [1.165, 1.54) is 18.2 Å². The van der Waals surface area contributed by atoms with E-state index < -0.39 is 17.8 Å². The number of alkyl halides is 3. The maximum Gasteiger partial charge on any atom is 0.419 e. The summed E-state index contributed by atoms with van der Waals surface area (Å²) in [6.07, 6.45) is -5.32. The molecule has 0 fully saturated rings. The van der Waals surface area contributed by atoms with Crippen molar-refractivity contribution in [1.82, 2.24) is 5.32 Å². The smallest absolute Gasteiger partial charge is 0.419 e. The Bertz CT molecular complexity index is 394. The van der Waals surface area contributed by atoms with Gasteiger partial charge in [0, 0.05) is 12.6 Å². The van der Waals surface area contributed by atoms with Gasteiger partial charge in [0.05, 0.1) is 5.56 Å². The van der Waals surface area contributed by atoms with Crippen LogP contribution in [0.3, 0.4) is 0 Å². The van der Waals surface area contributed by atoms with E-state index in [0.717, 1.165) is 6.07 Å². The van der Waals surface area contributed by atoms with E-state index in [-0.39, 0.29) is 24.9 Å². The highest BCUT2D eigenvalue weighted by atomic mass is 19.4. The Hall–Kier alpha value is -1.27. The van der Waals surface area contributed by atoms with Crippen molar-refractivity contribution in [2.24, 2.45) is 0 Å². The third-order valence-electron chi connectivity index (χ3n) is 2.39. The summed E-state index contributed by atoms with van der Waals surface area (Å²) in [6.45, 7) is 3.90. The molecule has 1 aromatic rings. The van der Waals surface area contributed by atoms with Crippen molar-refractivity contribution in [3.63, 3.8) is 0 Å². The van der Waals surface area contributed by atoms with E-state index in [1.807, 2.05) is 13.8 Å². The molecule has 0 unspecified atom stereocenters. The molecule has 0 aliphatic rings. The number of ether oxygens (including phenoxy) is 1. The summed E-state index contributed by atoms with van der Waals surface area (Å²) in [7, 11) is 0. The van der Waals surface area contributed by atoms with Crippen LogP contribution in [0.2, 0.25) is 0 Å². The molecule has 0 aliphatic carbocycles. The summed E-state index contributed by atoms with van der Waals surface area (Å²) in [5.41, 5.74) is -0.834. The van der Waals surface area contributed by atoms with Crippen LogP contribution in [0.4, 0.5) is 13.2 Å². The number of hydrogen-bond donors (Lipinski definition) is 2. The monoisotopic (exact) mass is 277 g/mol. The highest BCUT2D eigenvalue weighted by Crippen LogP contribution is 2.35. The highest BCUT2D eigenvalue weighted by molar-refractivity contribution is 5.35. The molecule has 0 heterocycles. The number of aliphatic hydroxyl groups excluding tert-OH is 1. The molecule has 1 atom stereocenters. The zero-order valence-corrected chi connectivity index (χ0v) is 10.9. The number of rotatable bonds is 6. The first-order valence-corrected chi connectivity index (χ1v) is 6.01. The fourth-order valence-corrected chi connectivity index (χ4v) is 1.44. The van der Waals surface area contributed by atoms with Crippen LogP contribution < -0.4 is 10.1 Å². The Morgan fingerprint density at radius 3 is 2.47 bits per heavy atom. The lowest BCUT2D eigenvalue weighted by atomic mass is 10.2. The molecule has 0 amide bonds. The summed E-state index contributed by atoms with van der Waals surface area (Å²) in [4.78, 5) is 0. The minimum absolute atomic E-state index is 0.188. The van der Waals surface area contributed by atoms with E-state index in [0.29, 0.717) is 0 Å². The van der Waals surface area contributed by atoms with Crippen LogP contribution in [-0.4, -0.2) is 30.4 Å². The molecule has 0 saturated carbocycles. The second-order valence-electron chi connectivity index (χ2n) is 4.52. The van der Waals surface area contributed by atoms with Crippen LogP contribution in [0.5, 0.6) is 5.75 Å². The molecular weight excluding hydrogens is 259 g/mol. The number of nitrogens with one attached hydrogen (secondary N) is 1. The van der Waals surface area contributed by atoms with Gasteiger partial charge >= 0.3 is 6.18 Å². The Labute approximate surface area is 110 Å². The lowest BCUT2D eigenvalue weighted by molar-refractivity contribution is -0.139. The third-order valence-corrected chi connectivity index (χ3v) is 2.39. The maximum absolute atomic E-state index is 12.7. The van der Waals surface area contributed by atoms with Gasteiger partial charge in [-0.15, -0.1) is 0 Å². The first kappa shape index (κ1) is 15.8. The van der Waals surface area contributed by atoms with Crippen molar-refractivity contribution in [2.75, 3.05) is 13.2 Å². The summed E-state index contributed by atoms with van der Waals surface area (Å²) in [6, 6.07) is 5.15. The van der Waals surface area contributed by atoms with Crippen molar-refractivity contribution in [1.29, 1.82) is 0 Å². The molecule has 3 nitrogen and oxygen atoms in total. The van der Waals surface area contributed by atoms with Crippen LogP contribution in [0.1, 0.15) is 19.4 Å². The van der Waals surface area contributed by atoms with Crippen molar-refractivity contribution in [3.8, 4) is 5.75 Å². The molecule has 0 saturated heterocycles. The molecule has 0 radical (unpaired) electrons. The van der Waals surface area contributed by atoms with Gasteiger partial charge in [0.2, 0.25) is 0 Å². The SMILES string of the molecule is CC(C)NC[C@H](O)COc1ccccc1C(F)(F)F. The number of hydrogen-bond acceptors (Lipinski definition) is 3. The van der Waals surface area contributed by atoms with Crippen LogP contribution in [0.25, 0.3) is 0 Å². The Kier molecular flexibility index (Phi) is 5.62. The van der Waals surface area contributed by atoms with Gasteiger partial charge < -0.3 is 15.2 Å². The van der Waals surface area contributed by atoms with E-state index in [1.54, 1.807) is 0 Å². The topological polar surface area (TPSA) is 41.5 Å². The molecular formula is C13H18F3NO2. The van der Waals surface area contributed by atoms with Gasteiger partial charge in [-0.2, -0.15) is 13.2 Å². The minimum Gasteiger partial charge on any atom is -0.490 e. The maximum atomic E-state index is 12.7. The zero-order chi connectivity index (χ0) is 14.5. The van der Waals surface area contributed by atoms with Gasteiger partial charge in [-0.25, -0.2) is 0 Å². The van der Waals surface area contributed by atoms with E-state index in [2.05, 4.69) is 5.32 Å². The molecule has 108 valence electrons. The first-order valence-electron chi connectivity index (χ1n) is 6.01. The predicted octanol–water partition coefficient (Wildman–Crippen LogP) is 2.44. The zero-order valence-electron chi connectivity index (χ0n) is 10.9. The van der Waals surface area contributed by atoms with Gasteiger partial charge in [0.1, 0.15) is 18.5 Å². The molecule has 6 heteroatoms. The van der Waals surface area contributed by atoms with Crippen molar-refractivity contribution in [2.45, 2.75) is 32.2 Å². The van der Waals surface area contributed by atoms with E-state index in [9.17, 15) is 18.3 Å². The molecule has 2 N–H and O–H groups in total. The van der Waals surface area contributed by atoms with Gasteiger partial charge in [0.25, 0.3) is 0 Å². The summed E-state index contributed by atoms with van der Waals surface area (Å²) < 4.78 is 43.1. The third kappa shape index (κ3) is 5.48. The largest absolute Gasteiger partial charge is 0.490 e. The molecule has 0 aliphatic heterocycles. The van der Waals surface area contributed by atoms with Gasteiger partial charge in [-0.05, 0) is 12.1 Å². The van der Waals surface area contributed by atoms with E-state index in [4.69, 9.17) is 4.74 Å². The van der Waals surface area contributed by atoms with Crippen LogP contribution in [0, 0.1) is 0 Å². The molecule has 1 rings (SSSR count). The summed E-state index contributed by atoms with van der Waals surface area (Å²) in [5.74, 6) is -0.265. The van der Waals surface area contributed by atoms with Crippen LogP contribution in [0.15, 0.2) is 24.3 Å². The molecule has 19 heavy (non-hydrogen) atoms. The number of para-hydroxylation sites is 1. The normalized spacial score (nSPS) is 13.6. The minimum atomic E-state index is -4.46. The fourth-order valence-electron chi connectivity index (χ4n) is 1.44. The van der Waals surface area contributed by atoms with Gasteiger partial charge in [0.15, 0.2) is 0 Å². The highest BCUT2D eigenvalue weighted by Gasteiger charge is 2.34. The summed E-state index contributed by atoms with van der Waals surface area (Å²) >= 11 is 0. The number of aliphatic hydroxyl groups is 1. The van der Waals surface area contributed by atoms with Crippen molar-refractivity contribution < 1.29 is 23.0 Å². The molecule has 0 bridgehead atoms. The second-order valence-corrected chi connectivity index (χ2v) is 4.52. The van der Waals surface area contributed by atoms with Gasteiger partial charge in [-0.3, -0.25) is 0 Å². The molecule has 0 aromatic heterocycles. The Morgan fingerprint density at radius 1 is 1.26 bits per heavy atom. The number of benzene rings is 1. The number of halogens is 3. The average molecular weight is 277 g/mol. The fraction of sp³-hybridized carbons (Fsp3) is 0.538. The Morgan fingerprint density at radius 2 is 1.89 bits per heavy atom. The predicted molar refractivity (Wildman–Crippen MR) is 66.1 cm³/mol. The van der Waals surface area contributed by atoms with Crippen molar-refractivity contribution >= 4 is 0 Å². The van der Waals surface area contributed by atoms with Gasteiger partial charge in [-0.1, -0.05) is 26.0 Å². The van der Waals surface area contributed by atoms with Crippen LogP contribution in [-0.2, 0) is 6.18 Å². The Balaban J connectivity index is 2.58. The lowest BCUT2D eigenvalue weighted by Crippen LogP contribution is -2.35. The standard InChI is InChI=1S/C13H18F3NO2/c1-9(2)17-7-10(18)8-19-12-6-4-3-5-11(12)13(14,15)16/h3-6,9-10,17-18H,7-8H2,1-2H3/t10-/m0/s1. The second kappa shape index (κ2) is 6.77. The molecule has 1 aromatic carbocycles. The van der Waals surface area contributed by atoms with Crippen LogP contribution >= 0.6 is 0 Å². The average Bonchev–Trinajstić information content (AvgIpc) is 2.33.